The lowest BCUT2D eigenvalue weighted by atomic mass is 9.87. The highest BCUT2D eigenvalue weighted by Crippen LogP contribution is 2.39. The van der Waals surface area contributed by atoms with Crippen LogP contribution in [0.4, 0.5) is 0 Å². The van der Waals surface area contributed by atoms with Gasteiger partial charge in [-0.3, -0.25) is 0 Å². The van der Waals surface area contributed by atoms with Crippen LogP contribution < -0.4 is 0 Å². The van der Waals surface area contributed by atoms with E-state index in [9.17, 15) is 0 Å². The fourth-order valence-corrected chi connectivity index (χ4v) is 7.94. The van der Waals surface area contributed by atoms with Gasteiger partial charge in [-0.05, 0) is 137 Å². The van der Waals surface area contributed by atoms with Gasteiger partial charge in [0.05, 0.1) is 0 Å². The Balaban J connectivity index is 0.952. The molecule has 66 heavy (non-hydrogen) atoms. The summed E-state index contributed by atoms with van der Waals surface area (Å²) in [5.74, 6) is 33.7. The Kier molecular flexibility index (Phi) is 13.6. The van der Waals surface area contributed by atoms with E-state index in [4.69, 9.17) is 4.98 Å². The number of benzene rings is 8. The first-order chi connectivity index (χ1) is 32.6. The highest BCUT2D eigenvalue weighted by atomic mass is 14.7. The molecule has 0 unspecified atom stereocenters. The summed E-state index contributed by atoms with van der Waals surface area (Å²) in [7, 11) is 0. The number of aryl methyl sites for hydroxylation is 1. The van der Waals surface area contributed by atoms with E-state index in [1.807, 2.05) is 97.1 Å². The molecule has 0 fully saturated rings. The molecular formula is C65H45N. The molecule has 310 valence electrons. The third-order valence-corrected chi connectivity index (χ3v) is 11.3. The molecule has 1 aromatic heterocycles. The topological polar surface area (TPSA) is 12.9 Å². The van der Waals surface area contributed by atoms with Crippen molar-refractivity contribution >= 4 is 21.5 Å². The second-order valence-electron chi connectivity index (χ2n) is 16.1. The molecule has 0 saturated carbocycles. The maximum Gasteiger partial charge on any atom is 0.115 e. The van der Waals surface area contributed by atoms with Gasteiger partial charge < -0.3 is 0 Å². The highest BCUT2D eigenvalue weighted by molar-refractivity contribution is 6.09. The third kappa shape index (κ3) is 10.9. The zero-order valence-electron chi connectivity index (χ0n) is 37.0. The molecule has 9 aromatic rings. The second kappa shape index (κ2) is 21.1. The van der Waals surface area contributed by atoms with Crippen molar-refractivity contribution in [2.45, 2.75) is 39.0 Å². The Hall–Kier alpha value is -8.77. The van der Waals surface area contributed by atoms with Crippen molar-refractivity contribution in [3.05, 3.63) is 256 Å². The number of rotatable bonds is 6. The van der Waals surface area contributed by atoms with Crippen LogP contribution in [0.2, 0.25) is 0 Å². The second-order valence-corrected chi connectivity index (χ2v) is 16.1. The smallest absolute Gasteiger partial charge is 0.115 e. The maximum atomic E-state index is 4.74. The molecule has 9 rings (SSSR count). The fraction of sp³-hybridized carbons (Fsp3) is 0.0923. The highest BCUT2D eigenvalue weighted by Gasteiger charge is 2.16. The summed E-state index contributed by atoms with van der Waals surface area (Å²) in [5, 5.41) is 4.57. The fourth-order valence-electron chi connectivity index (χ4n) is 7.94. The van der Waals surface area contributed by atoms with E-state index < -0.39 is 0 Å². The lowest BCUT2D eigenvalue weighted by Gasteiger charge is -2.15. The van der Waals surface area contributed by atoms with Crippen molar-refractivity contribution < 1.29 is 0 Å². The summed E-state index contributed by atoms with van der Waals surface area (Å²) in [6, 6.07) is 66.2. The van der Waals surface area contributed by atoms with Crippen molar-refractivity contribution in [2.24, 2.45) is 0 Å². The Morgan fingerprint density at radius 3 is 1.33 bits per heavy atom. The lowest BCUT2D eigenvalue weighted by molar-refractivity contribution is 0.667. The number of hydrogen-bond donors (Lipinski definition) is 0. The molecule has 1 nitrogen and oxygen atoms in total. The SMILES string of the molecule is CCCCCCc1ccc(C#Cc2cccc(C#Cc3cccc(C#Cc4cccc(C#Cc5ccc6ccccc6c5-c5c(C#Cc6ccccc6)ccc6ccccc56)c4)n3)c2)cc1. The van der Waals surface area contributed by atoms with Crippen molar-refractivity contribution in [2.75, 3.05) is 0 Å². The monoisotopic (exact) mass is 839 g/mol. The average molecular weight is 840 g/mol. The largest absolute Gasteiger partial charge is 0.231 e. The van der Waals surface area contributed by atoms with Crippen LogP contribution in [-0.2, 0) is 6.42 Å². The van der Waals surface area contributed by atoms with Gasteiger partial charge >= 0.3 is 0 Å². The average Bonchev–Trinajstić information content (AvgIpc) is 3.37. The van der Waals surface area contributed by atoms with Gasteiger partial charge in [0.1, 0.15) is 11.4 Å². The van der Waals surface area contributed by atoms with E-state index in [0.717, 1.165) is 83.6 Å². The maximum absolute atomic E-state index is 4.74. The number of hydrogen-bond acceptors (Lipinski definition) is 1. The minimum absolute atomic E-state index is 0.645. The number of fused-ring (bicyclic) bond motifs is 2. The van der Waals surface area contributed by atoms with Gasteiger partial charge in [0.25, 0.3) is 0 Å². The molecule has 0 bridgehead atoms. The number of pyridine rings is 1. The molecular weight excluding hydrogens is 795 g/mol. The van der Waals surface area contributed by atoms with Crippen molar-refractivity contribution in [3.8, 4) is 70.3 Å². The van der Waals surface area contributed by atoms with Crippen LogP contribution in [0.3, 0.4) is 0 Å². The molecule has 0 aliphatic carbocycles. The van der Waals surface area contributed by atoms with Gasteiger partial charge in [0.15, 0.2) is 0 Å². The molecule has 0 aliphatic heterocycles. The van der Waals surface area contributed by atoms with Crippen molar-refractivity contribution in [3.63, 3.8) is 0 Å². The molecule has 8 aromatic carbocycles. The van der Waals surface area contributed by atoms with Crippen molar-refractivity contribution in [1.82, 2.24) is 4.98 Å². The van der Waals surface area contributed by atoms with Crippen LogP contribution in [0, 0.1) is 59.2 Å². The summed E-state index contributed by atoms with van der Waals surface area (Å²) >= 11 is 0. The number of unbranched alkanes of at least 4 members (excludes halogenated alkanes) is 3. The van der Waals surface area contributed by atoms with E-state index in [0.29, 0.717) is 11.4 Å². The standard InChI is InChI=1S/C65H45N/c1-2-3-4-6-18-50-29-31-51(32-30-50)33-34-52-19-13-21-54(47-52)37-45-60-25-15-26-61(66-60)46-38-55-22-14-20-53(48-55)36-40-59-44-42-57-24-10-12-28-63(57)65(59)64-58(39-35-49-16-7-5-8-17-49)43-41-56-23-9-11-27-62(56)64/h5,7-17,19-32,41-44,47-48H,2-4,6,18H2,1H3. The van der Waals surface area contributed by atoms with Crippen LogP contribution in [0.1, 0.15) is 94.1 Å². The van der Waals surface area contributed by atoms with Crippen LogP contribution >= 0.6 is 0 Å². The van der Waals surface area contributed by atoms with Crippen LogP contribution in [0.5, 0.6) is 0 Å². The van der Waals surface area contributed by atoms with E-state index >= 15 is 0 Å². The summed E-state index contributed by atoms with van der Waals surface area (Å²) in [4.78, 5) is 4.74. The van der Waals surface area contributed by atoms with Crippen LogP contribution in [0.25, 0.3) is 32.7 Å². The molecule has 1 heterocycles. The summed E-state index contributed by atoms with van der Waals surface area (Å²) in [6.45, 7) is 2.25. The van der Waals surface area contributed by atoms with Gasteiger partial charge in [0.2, 0.25) is 0 Å². The van der Waals surface area contributed by atoms with Gasteiger partial charge in [-0.15, -0.1) is 0 Å². The summed E-state index contributed by atoms with van der Waals surface area (Å²) < 4.78 is 0. The molecule has 0 saturated heterocycles. The van der Waals surface area contributed by atoms with Crippen molar-refractivity contribution in [1.29, 1.82) is 0 Å². The molecule has 0 radical (unpaired) electrons. The number of aromatic nitrogens is 1. The first-order valence-electron chi connectivity index (χ1n) is 22.6. The van der Waals surface area contributed by atoms with Gasteiger partial charge in [0, 0.05) is 55.6 Å². The Morgan fingerprint density at radius 1 is 0.333 bits per heavy atom. The van der Waals surface area contributed by atoms with Gasteiger partial charge in [-0.25, -0.2) is 4.98 Å². The van der Waals surface area contributed by atoms with Crippen LogP contribution in [0.15, 0.2) is 194 Å². The minimum Gasteiger partial charge on any atom is -0.231 e. The zero-order chi connectivity index (χ0) is 44.8. The first kappa shape index (κ1) is 42.5. The Bertz CT molecular complexity index is 3530. The summed E-state index contributed by atoms with van der Waals surface area (Å²) in [6.07, 6.45) is 6.22. The van der Waals surface area contributed by atoms with E-state index in [1.54, 1.807) is 0 Å². The molecule has 0 N–H and O–H groups in total. The van der Waals surface area contributed by atoms with E-state index in [-0.39, 0.29) is 0 Å². The number of nitrogens with zero attached hydrogens (tertiary/aromatic N) is 1. The Morgan fingerprint density at radius 2 is 0.773 bits per heavy atom. The van der Waals surface area contributed by atoms with E-state index in [2.05, 4.69) is 163 Å². The van der Waals surface area contributed by atoms with Gasteiger partial charge in [-0.1, -0.05) is 183 Å². The zero-order valence-corrected chi connectivity index (χ0v) is 37.0. The quantitative estimate of drug-likeness (QED) is 0.120. The van der Waals surface area contributed by atoms with Crippen LogP contribution in [-0.4, -0.2) is 4.98 Å². The normalized spacial score (nSPS) is 10.2. The Labute approximate surface area is 389 Å². The molecule has 0 spiro atoms. The van der Waals surface area contributed by atoms with Gasteiger partial charge in [-0.2, -0.15) is 0 Å². The first-order valence-corrected chi connectivity index (χ1v) is 22.6. The predicted octanol–water partition coefficient (Wildman–Crippen LogP) is 14.2. The third-order valence-electron chi connectivity index (χ3n) is 11.3. The molecule has 0 atom stereocenters. The molecule has 0 amide bonds. The molecule has 0 aliphatic rings. The molecule has 1 heteroatoms. The minimum atomic E-state index is 0.645. The summed E-state index contributed by atoms with van der Waals surface area (Å²) in [5.41, 5.74) is 12.2. The predicted molar refractivity (Wildman–Crippen MR) is 275 cm³/mol. The van der Waals surface area contributed by atoms with E-state index in [1.165, 1.54) is 31.2 Å². The lowest BCUT2D eigenvalue weighted by Crippen LogP contribution is -1.93.